The predicted octanol–water partition coefficient (Wildman–Crippen LogP) is 4.01. The van der Waals surface area contributed by atoms with E-state index < -0.39 is 0 Å². The number of rotatable bonds is 8. The lowest BCUT2D eigenvalue weighted by atomic mass is 10.1. The maximum absolute atomic E-state index is 12.4. The number of ether oxygens (including phenoxy) is 1. The van der Waals surface area contributed by atoms with Crippen LogP contribution < -0.4 is 15.4 Å². The molecule has 0 unspecified atom stereocenters. The highest BCUT2D eigenvalue weighted by Gasteiger charge is 2.25. The van der Waals surface area contributed by atoms with Crippen molar-refractivity contribution in [1.82, 2.24) is 14.9 Å². The SMILES string of the molecule is CCCCOc1nc(N)c2c(n1)N(Cc1cc(Cl)cc(CN3CCCC3)c1)CCC(=O)C2. The second-order valence-corrected chi connectivity index (χ2v) is 9.17. The summed E-state index contributed by atoms with van der Waals surface area (Å²) in [7, 11) is 0. The van der Waals surface area contributed by atoms with Crippen molar-refractivity contribution in [2.45, 2.75) is 58.5 Å². The zero-order chi connectivity index (χ0) is 22.5. The number of nitrogens with two attached hydrogens (primary N) is 1. The van der Waals surface area contributed by atoms with Crippen LogP contribution in [0.25, 0.3) is 0 Å². The number of Topliss-reactive ketones (excluding diaryl/α,β-unsaturated/α-hetero) is 1. The van der Waals surface area contributed by atoms with E-state index in [0.29, 0.717) is 43.3 Å². The Morgan fingerprint density at radius 2 is 1.84 bits per heavy atom. The number of anilines is 2. The minimum absolute atomic E-state index is 0.143. The molecule has 2 aliphatic heterocycles. The largest absolute Gasteiger partial charge is 0.463 e. The van der Waals surface area contributed by atoms with Gasteiger partial charge in [0.2, 0.25) is 0 Å². The number of nitrogens with zero attached hydrogens (tertiary/aromatic N) is 4. The van der Waals surface area contributed by atoms with Crippen LogP contribution in [-0.2, 0) is 24.3 Å². The van der Waals surface area contributed by atoms with Crippen LogP contribution in [0.4, 0.5) is 11.6 Å². The lowest BCUT2D eigenvalue weighted by Crippen LogP contribution is -2.26. The molecule has 0 amide bonds. The van der Waals surface area contributed by atoms with Crippen molar-refractivity contribution < 1.29 is 9.53 Å². The van der Waals surface area contributed by atoms with Crippen LogP contribution in [0.5, 0.6) is 6.01 Å². The van der Waals surface area contributed by atoms with Gasteiger partial charge in [0.15, 0.2) is 0 Å². The minimum Gasteiger partial charge on any atom is -0.463 e. The molecule has 32 heavy (non-hydrogen) atoms. The summed E-state index contributed by atoms with van der Waals surface area (Å²) in [5, 5.41) is 0.730. The lowest BCUT2D eigenvalue weighted by molar-refractivity contribution is -0.118. The summed E-state index contributed by atoms with van der Waals surface area (Å²) >= 11 is 6.47. The van der Waals surface area contributed by atoms with Gasteiger partial charge >= 0.3 is 6.01 Å². The predicted molar refractivity (Wildman–Crippen MR) is 127 cm³/mol. The van der Waals surface area contributed by atoms with Crippen molar-refractivity contribution >= 4 is 29.0 Å². The Labute approximate surface area is 194 Å². The fraction of sp³-hybridized carbons (Fsp3) is 0.542. The van der Waals surface area contributed by atoms with E-state index >= 15 is 0 Å². The summed E-state index contributed by atoms with van der Waals surface area (Å²) in [5.41, 5.74) is 9.24. The molecule has 8 heteroatoms. The molecular formula is C24H32ClN5O2. The quantitative estimate of drug-likeness (QED) is 0.599. The fourth-order valence-electron chi connectivity index (χ4n) is 4.40. The normalized spacial score (nSPS) is 16.8. The van der Waals surface area contributed by atoms with Crippen molar-refractivity contribution in [2.24, 2.45) is 0 Å². The van der Waals surface area contributed by atoms with E-state index in [9.17, 15) is 4.79 Å². The van der Waals surface area contributed by atoms with E-state index in [1.165, 1.54) is 18.4 Å². The molecule has 0 atom stereocenters. The number of carbonyl (C=O) groups excluding carboxylic acids is 1. The Kier molecular flexibility index (Phi) is 7.48. The molecule has 4 rings (SSSR count). The summed E-state index contributed by atoms with van der Waals surface area (Å²) in [6, 6.07) is 6.52. The third-order valence-corrected chi connectivity index (χ3v) is 6.27. The van der Waals surface area contributed by atoms with Gasteiger partial charge in [-0.25, -0.2) is 0 Å². The van der Waals surface area contributed by atoms with E-state index in [1.54, 1.807) is 0 Å². The zero-order valence-electron chi connectivity index (χ0n) is 18.8. The van der Waals surface area contributed by atoms with Gasteiger partial charge in [0.05, 0.1) is 6.61 Å². The molecule has 3 heterocycles. The first kappa shape index (κ1) is 22.8. The number of fused-ring (bicyclic) bond motifs is 1. The maximum atomic E-state index is 12.4. The van der Waals surface area contributed by atoms with E-state index in [0.717, 1.165) is 43.1 Å². The Bertz CT molecular complexity index is 962. The van der Waals surface area contributed by atoms with Crippen LogP contribution in [0.3, 0.4) is 0 Å². The van der Waals surface area contributed by atoms with Gasteiger partial charge in [-0.1, -0.05) is 31.0 Å². The molecule has 0 spiro atoms. The van der Waals surface area contributed by atoms with Crippen LogP contribution in [-0.4, -0.2) is 46.9 Å². The van der Waals surface area contributed by atoms with Crippen LogP contribution in [0.15, 0.2) is 18.2 Å². The van der Waals surface area contributed by atoms with Crippen molar-refractivity contribution in [3.8, 4) is 6.01 Å². The summed E-state index contributed by atoms with van der Waals surface area (Å²) in [6.45, 7) is 7.01. The smallest absolute Gasteiger partial charge is 0.320 e. The van der Waals surface area contributed by atoms with Crippen molar-refractivity contribution in [3.05, 3.63) is 39.9 Å². The third kappa shape index (κ3) is 5.70. The molecule has 0 aliphatic carbocycles. The number of hydrogen-bond donors (Lipinski definition) is 1. The molecule has 1 aromatic carbocycles. The van der Waals surface area contributed by atoms with Gasteiger partial charge in [-0.15, -0.1) is 0 Å². The first-order valence-electron chi connectivity index (χ1n) is 11.6. The molecule has 2 aliphatic rings. The van der Waals surface area contributed by atoms with Crippen molar-refractivity contribution in [1.29, 1.82) is 0 Å². The van der Waals surface area contributed by atoms with E-state index in [4.69, 9.17) is 22.1 Å². The number of halogens is 1. The van der Waals surface area contributed by atoms with Gasteiger partial charge in [-0.2, -0.15) is 9.97 Å². The highest BCUT2D eigenvalue weighted by molar-refractivity contribution is 6.30. The second-order valence-electron chi connectivity index (χ2n) is 8.73. The molecular weight excluding hydrogens is 426 g/mol. The second kappa shape index (κ2) is 10.5. The first-order chi connectivity index (χ1) is 15.5. The number of benzene rings is 1. The molecule has 1 saturated heterocycles. The lowest BCUT2D eigenvalue weighted by Gasteiger charge is -2.25. The number of unbranched alkanes of at least 4 members (excludes halogenated alkanes) is 1. The Hall–Kier alpha value is -2.38. The van der Waals surface area contributed by atoms with Crippen molar-refractivity contribution in [3.63, 3.8) is 0 Å². The van der Waals surface area contributed by atoms with Crippen LogP contribution >= 0.6 is 11.6 Å². The number of ketones is 1. The molecule has 172 valence electrons. The Morgan fingerprint density at radius 3 is 2.59 bits per heavy atom. The van der Waals surface area contributed by atoms with Gasteiger partial charge in [-0.3, -0.25) is 9.69 Å². The van der Waals surface area contributed by atoms with Crippen LogP contribution in [0, 0.1) is 0 Å². The molecule has 0 saturated carbocycles. The average molecular weight is 458 g/mol. The van der Waals surface area contributed by atoms with Gasteiger partial charge in [0, 0.05) is 43.1 Å². The van der Waals surface area contributed by atoms with E-state index in [-0.39, 0.29) is 18.2 Å². The molecule has 1 fully saturated rings. The summed E-state index contributed by atoms with van der Waals surface area (Å²) in [4.78, 5) is 25.9. The van der Waals surface area contributed by atoms with Crippen LogP contribution in [0.2, 0.25) is 5.02 Å². The van der Waals surface area contributed by atoms with Gasteiger partial charge in [0.25, 0.3) is 0 Å². The van der Waals surface area contributed by atoms with E-state index in [1.807, 2.05) is 12.1 Å². The summed E-state index contributed by atoms with van der Waals surface area (Å²) in [5.74, 6) is 1.16. The molecule has 7 nitrogen and oxygen atoms in total. The van der Waals surface area contributed by atoms with Gasteiger partial charge in [0.1, 0.15) is 17.4 Å². The topological polar surface area (TPSA) is 84.6 Å². The Morgan fingerprint density at radius 1 is 1.09 bits per heavy atom. The minimum atomic E-state index is 0.143. The number of carbonyl (C=O) groups is 1. The maximum Gasteiger partial charge on any atom is 0.320 e. The highest BCUT2D eigenvalue weighted by Crippen LogP contribution is 2.31. The molecule has 0 bridgehead atoms. The van der Waals surface area contributed by atoms with E-state index in [2.05, 4.69) is 32.8 Å². The van der Waals surface area contributed by atoms with Crippen molar-refractivity contribution in [2.75, 3.05) is 36.9 Å². The first-order valence-corrected chi connectivity index (χ1v) is 12.0. The molecule has 2 N–H and O–H groups in total. The highest BCUT2D eigenvalue weighted by atomic mass is 35.5. The number of likely N-dealkylation sites (tertiary alicyclic amines) is 1. The third-order valence-electron chi connectivity index (χ3n) is 6.06. The van der Waals surface area contributed by atoms with Crippen LogP contribution in [0.1, 0.15) is 55.7 Å². The standard InChI is InChI=1S/C24H32ClN5O2/c1-2-3-10-32-24-27-22(26)21-14-20(31)6-9-30(23(21)28-24)16-18-11-17(12-19(25)13-18)15-29-7-4-5-8-29/h11-13H,2-10,14-16H2,1H3,(H2,26,27,28). The fourth-order valence-corrected chi connectivity index (χ4v) is 4.68. The number of aromatic nitrogens is 2. The molecule has 1 aromatic heterocycles. The Balaban J connectivity index is 1.59. The average Bonchev–Trinajstić information content (AvgIpc) is 3.20. The monoisotopic (exact) mass is 457 g/mol. The molecule has 0 radical (unpaired) electrons. The summed E-state index contributed by atoms with van der Waals surface area (Å²) < 4.78 is 5.73. The zero-order valence-corrected chi connectivity index (χ0v) is 19.5. The number of hydrogen-bond acceptors (Lipinski definition) is 7. The van der Waals surface area contributed by atoms with Gasteiger partial charge in [-0.05, 0) is 55.6 Å². The summed E-state index contributed by atoms with van der Waals surface area (Å²) in [6.07, 6.45) is 5.16. The number of nitrogen functional groups attached to an aromatic ring is 1. The molecule has 2 aromatic rings. The van der Waals surface area contributed by atoms with Gasteiger partial charge < -0.3 is 15.4 Å².